The van der Waals surface area contributed by atoms with Gasteiger partial charge in [0.2, 0.25) is 0 Å². The van der Waals surface area contributed by atoms with Crippen LogP contribution in [0.5, 0.6) is 0 Å². The largest absolute Gasteiger partial charge is 0.394 e. The molecule has 7 atom stereocenters. The summed E-state index contributed by atoms with van der Waals surface area (Å²) in [6.07, 6.45) is -6.88. The molecular formula is C19H40Cl4N4O12P2S2. The SMILES string of the molecule is O=P(NCCCl)(NCCCl)O[C@@H]1O[C@H](CO)[C@@H](O)[C@H](O)[C@H]1O.O=[P@]1(N(CCCl)CCCl)N[C@H](SCCS(=O)(=O)O)CCO1. The summed E-state index contributed by atoms with van der Waals surface area (Å²) in [6, 6.07) is 0. The molecule has 0 amide bonds. The van der Waals surface area contributed by atoms with Gasteiger partial charge in [0.15, 0.2) is 6.29 Å². The van der Waals surface area contributed by atoms with Crippen LogP contribution in [0.4, 0.5) is 0 Å². The van der Waals surface area contributed by atoms with Crippen LogP contribution < -0.4 is 15.3 Å². The molecule has 0 bridgehead atoms. The third kappa shape index (κ3) is 15.5. The van der Waals surface area contributed by atoms with Gasteiger partial charge in [-0.3, -0.25) is 18.2 Å². The molecule has 0 aliphatic carbocycles. The zero-order chi connectivity index (χ0) is 32.7. The van der Waals surface area contributed by atoms with Gasteiger partial charge in [0.05, 0.1) is 24.3 Å². The van der Waals surface area contributed by atoms with Crippen molar-refractivity contribution in [1.29, 1.82) is 0 Å². The summed E-state index contributed by atoms with van der Waals surface area (Å²) in [7, 11) is -10.9. The minimum absolute atomic E-state index is 0.144. The van der Waals surface area contributed by atoms with Crippen LogP contribution >= 0.6 is 73.5 Å². The highest BCUT2D eigenvalue weighted by molar-refractivity contribution is 8.01. The van der Waals surface area contributed by atoms with E-state index in [4.69, 9.17) is 69.8 Å². The topological polar surface area (TPSA) is 236 Å². The van der Waals surface area contributed by atoms with E-state index in [1.54, 1.807) is 4.67 Å². The van der Waals surface area contributed by atoms with Crippen molar-refractivity contribution in [3.05, 3.63) is 0 Å². The number of thioether (sulfide) groups is 1. The second-order valence-corrected chi connectivity index (χ2v) is 17.3. The summed E-state index contributed by atoms with van der Waals surface area (Å²) in [4.78, 5) is 0. The smallest absolute Gasteiger partial charge is 0.344 e. The third-order valence-corrected chi connectivity index (χ3v) is 12.8. The third-order valence-electron chi connectivity index (χ3n) is 5.60. The summed E-state index contributed by atoms with van der Waals surface area (Å²) in [5, 5.41) is 46.1. The van der Waals surface area contributed by atoms with Crippen molar-refractivity contribution in [2.45, 2.75) is 42.5 Å². The van der Waals surface area contributed by atoms with Gasteiger partial charge in [-0.1, -0.05) is 0 Å². The molecule has 2 aliphatic heterocycles. The number of halogens is 4. The second kappa shape index (κ2) is 21.4. The standard InChI is InChI=1S/C10H21Cl2N2O7P.C9H19Cl2N2O5PS2/c11-1-3-13-22(19,14-4-2-12)21-10-9(18)8(17)7(16)6(5-15)20-10;10-2-4-13(5-3-11)19(14)12-9(1-6-18-19)20-7-8-21(15,16)17/h6-10,15-18H,1-5H2,(H2,13,14,19);9H,1-8H2,(H,12,14)(H,15,16,17)/t6-,7-,8+,9-,10+;9-,19-/m11/s1. The van der Waals surface area contributed by atoms with Gasteiger partial charge in [-0.2, -0.15) is 8.42 Å². The monoisotopic (exact) mass is 782 g/mol. The highest BCUT2D eigenvalue weighted by Crippen LogP contribution is 2.50. The lowest BCUT2D eigenvalue weighted by Crippen LogP contribution is -2.59. The molecule has 24 heteroatoms. The highest BCUT2D eigenvalue weighted by atomic mass is 35.5. The number of rotatable bonds is 18. The molecule has 0 aromatic rings. The van der Waals surface area contributed by atoms with Crippen LogP contribution in [0.2, 0.25) is 0 Å². The van der Waals surface area contributed by atoms with E-state index in [1.807, 2.05) is 0 Å². The summed E-state index contributed by atoms with van der Waals surface area (Å²) < 4.78 is 72.7. The Kier molecular flexibility index (Phi) is 21.2. The van der Waals surface area contributed by atoms with Crippen LogP contribution in [0.1, 0.15) is 6.42 Å². The Morgan fingerprint density at radius 1 is 1.02 bits per heavy atom. The minimum atomic E-state index is -3.98. The first-order chi connectivity index (χ1) is 20.2. The zero-order valence-corrected chi connectivity index (χ0v) is 29.4. The lowest BCUT2D eigenvalue weighted by Gasteiger charge is -2.40. The first-order valence-electron chi connectivity index (χ1n) is 12.9. The van der Waals surface area contributed by atoms with E-state index in [0.29, 0.717) is 37.9 Å². The first-order valence-corrected chi connectivity index (χ1v) is 20.9. The quantitative estimate of drug-likeness (QED) is 0.0534. The fraction of sp³-hybridized carbons (Fsp3) is 1.00. The van der Waals surface area contributed by atoms with Gasteiger partial charge in [-0.25, -0.2) is 19.9 Å². The molecule has 2 aliphatic rings. The van der Waals surface area contributed by atoms with Crippen LogP contribution in [-0.2, 0) is 33.0 Å². The predicted octanol–water partition coefficient (Wildman–Crippen LogP) is 0.399. The summed E-state index contributed by atoms with van der Waals surface area (Å²) in [5.74, 6) is 0.781. The van der Waals surface area contributed by atoms with Crippen molar-refractivity contribution in [3.63, 3.8) is 0 Å². The highest BCUT2D eigenvalue weighted by Gasteiger charge is 2.46. The van der Waals surface area contributed by atoms with Crippen LogP contribution in [-0.4, -0.2) is 149 Å². The zero-order valence-electron chi connectivity index (χ0n) is 22.9. The molecule has 258 valence electrons. The van der Waals surface area contributed by atoms with Crippen LogP contribution in [0.3, 0.4) is 0 Å². The average molecular weight is 784 g/mol. The molecule has 2 heterocycles. The van der Waals surface area contributed by atoms with Crippen molar-refractivity contribution in [2.24, 2.45) is 0 Å². The van der Waals surface area contributed by atoms with Gasteiger partial charge in [-0.05, 0) is 6.42 Å². The molecular weight excluding hydrogens is 744 g/mol. The molecule has 0 spiro atoms. The molecule has 16 nitrogen and oxygen atoms in total. The number of alkyl halides is 4. The van der Waals surface area contributed by atoms with Gasteiger partial charge in [-0.15, -0.1) is 58.2 Å². The molecule has 2 saturated heterocycles. The Morgan fingerprint density at radius 2 is 1.60 bits per heavy atom. The summed E-state index contributed by atoms with van der Waals surface area (Å²) in [6.45, 7) is 0.729. The van der Waals surface area contributed by atoms with E-state index in [9.17, 15) is 32.9 Å². The van der Waals surface area contributed by atoms with E-state index in [1.165, 1.54) is 11.8 Å². The fourth-order valence-corrected chi connectivity index (χ4v) is 10.6. The van der Waals surface area contributed by atoms with E-state index in [2.05, 4.69) is 15.3 Å². The predicted molar refractivity (Wildman–Crippen MR) is 167 cm³/mol. The maximum atomic E-state index is 12.8. The molecule has 43 heavy (non-hydrogen) atoms. The number of nitrogens with one attached hydrogen (secondary N) is 3. The second-order valence-electron chi connectivity index (χ2n) is 8.80. The lowest BCUT2D eigenvalue weighted by atomic mass is 10.00. The van der Waals surface area contributed by atoms with E-state index in [0.717, 1.165) is 0 Å². The van der Waals surface area contributed by atoms with E-state index >= 15 is 0 Å². The Hall–Kier alpha value is 1.44. The molecule has 2 fully saturated rings. The minimum Gasteiger partial charge on any atom is -0.394 e. The van der Waals surface area contributed by atoms with Crippen molar-refractivity contribution in [3.8, 4) is 0 Å². The molecule has 0 aromatic carbocycles. The van der Waals surface area contributed by atoms with Crippen molar-refractivity contribution in [2.75, 3.05) is 74.4 Å². The number of aliphatic hydroxyl groups excluding tert-OH is 4. The van der Waals surface area contributed by atoms with Crippen LogP contribution in [0, 0.1) is 0 Å². The molecule has 0 saturated carbocycles. The van der Waals surface area contributed by atoms with Gasteiger partial charge in [0.25, 0.3) is 10.1 Å². The van der Waals surface area contributed by atoms with Gasteiger partial charge < -0.3 is 29.7 Å². The number of hydrogen-bond acceptors (Lipinski definition) is 12. The maximum absolute atomic E-state index is 12.8. The molecule has 0 aromatic heterocycles. The number of nitrogens with zero attached hydrogens (tertiary/aromatic N) is 1. The van der Waals surface area contributed by atoms with Gasteiger partial charge in [0.1, 0.15) is 24.4 Å². The molecule has 0 unspecified atom stereocenters. The molecule has 0 radical (unpaired) electrons. The van der Waals surface area contributed by atoms with Crippen molar-refractivity contribution >= 4 is 83.6 Å². The number of hydrogen-bond donors (Lipinski definition) is 8. The van der Waals surface area contributed by atoms with Crippen LogP contribution in [0.15, 0.2) is 0 Å². The Balaban J connectivity index is 0.000000430. The number of ether oxygens (including phenoxy) is 1. The fourth-order valence-electron chi connectivity index (χ4n) is 3.53. The normalized spacial score (nSPS) is 30.2. The summed E-state index contributed by atoms with van der Waals surface area (Å²) >= 11 is 23.7. The Labute approximate surface area is 275 Å². The average Bonchev–Trinajstić information content (AvgIpc) is 2.95. The Bertz CT molecular complexity index is 981. The molecule has 2 rings (SSSR count). The molecule has 8 N–H and O–H groups in total. The van der Waals surface area contributed by atoms with Gasteiger partial charge in [0, 0.05) is 55.5 Å². The lowest BCUT2D eigenvalue weighted by molar-refractivity contribution is -0.277. The maximum Gasteiger partial charge on any atom is 0.344 e. The van der Waals surface area contributed by atoms with Crippen LogP contribution in [0.25, 0.3) is 0 Å². The van der Waals surface area contributed by atoms with E-state index < -0.39 is 62.8 Å². The van der Waals surface area contributed by atoms with Gasteiger partial charge >= 0.3 is 15.3 Å². The first kappa shape index (κ1) is 42.5. The summed E-state index contributed by atoms with van der Waals surface area (Å²) in [5.41, 5.74) is 0. The number of aliphatic hydroxyl groups is 4. The van der Waals surface area contributed by atoms with E-state index in [-0.39, 0.29) is 41.7 Å². The van der Waals surface area contributed by atoms with Crippen molar-refractivity contribution in [1.82, 2.24) is 19.9 Å². The Morgan fingerprint density at radius 3 is 2.09 bits per heavy atom. The van der Waals surface area contributed by atoms with Crippen molar-refractivity contribution < 1.29 is 56.3 Å².